The molecule has 1 amide bonds. The normalized spacial score (nSPS) is 10.1. The number of benzene rings is 1. The number of nitrogens with zero attached hydrogens (tertiary/aromatic N) is 1. The minimum Gasteiger partial charge on any atom is -0.331 e. The van der Waals surface area contributed by atoms with Gasteiger partial charge in [-0.15, -0.1) is 0 Å². The minimum atomic E-state index is -0.349. The second-order valence-electron chi connectivity index (χ2n) is 5.20. The fraction of sp³-hybridized carbons (Fsp3) is 0.235. The Hall–Kier alpha value is -2.18. The molecule has 5 nitrogen and oxygen atoms in total. The predicted octanol–water partition coefficient (Wildman–Crippen LogP) is 3.71. The summed E-state index contributed by atoms with van der Waals surface area (Å²) in [5, 5.41) is 3.64. The molecule has 0 aliphatic rings. The molecule has 0 fully saturated rings. The molecule has 1 aromatic heterocycles. The maximum Gasteiger partial charge on any atom is 0.271 e. The van der Waals surface area contributed by atoms with Gasteiger partial charge in [0.05, 0.1) is 5.56 Å². The summed E-state index contributed by atoms with van der Waals surface area (Å²) in [5.74, 6) is -0.349. The molecule has 24 heavy (non-hydrogen) atoms. The Kier molecular flexibility index (Phi) is 6.96. The van der Waals surface area contributed by atoms with Gasteiger partial charge in [-0.1, -0.05) is 37.1 Å². The number of hydrogen-bond donors (Lipinski definition) is 3. The molecular weight excluding hydrogens is 344 g/mol. The van der Waals surface area contributed by atoms with E-state index in [1.165, 1.54) is 24.6 Å². The van der Waals surface area contributed by atoms with Gasteiger partial charge in [0.2, 0.25) is 0 Å². The molecule has 126 valence electrons. The largest absolute Gasteiger partial charge is 0.331 e. The number of hydrazine groups is 1. The highest BCUT2D eigenvalue weighted by Gasteiger charge is 2.06. The monoisotopic (exact) mass is 362 g/mol. The molecule has 3 N–H and O–H groups in total. The lowest BCUT2D eigenvalue weighted by Crippen LogP contribution is -2.43. The number of halogens is 1. The number of thiocarbonyl (C=S) groups is 1. The summed E-state index contributed by atoms with van der Waals surface area (Å²) in [5.41, 5.74) is 7.69. The molecular formula is C17H19ClN4OS. The van der Waals surface area contributed by atoms with Crippen LogP contribution >= 0.6 is 23.8 Å². The Labute approximate surface area is 151 Å². The first-order valence-corrected chi connectivity index (χ1v) is 8.45. The van der Waals surface area contributed by atoms with E-state index in [0.717, 1.165) is 12.1 Å². The molecule has 0 unspecified atom stereocenters. The van der Waals surface area contributed by atoms with Gasteiger partial charge in [-0.25, -0.2) is 4.98 Å². The second-order valence-corrected chi connectivity index (χ2v) is 6.00. The van der Waals surface area contributed by atoms with E-state index in [4.69, 9.17) is 23.8 Å². The number of anilines is 1. The fourth-order valence-corrected chi connectivity index (χ4v) is 2.27. The van der Waals surface area contributed by atoms with Crippen LogP contribution in [0.25, 0.3) is 0 Å². The standard InChI is InChI=1S/C17H19ClN4OS/c1-2-3-4-12-5-8-14(9-6-12)20-17(24)22-21-16(23)13-7-10-15(18)19-11-13/h5-11H,2-4H2,1H3,(H,21,23)(H2,20,22,24). The number of carbonyl (C=O) groups is 1. The highest BCUT2D eigenvalue weighted by atomic mass is 35.5. The quantitative estimate of drug-likeness (QED) is 0.430. The zero-order valence-electron chi connectivity index (χ0n) is 13.3. The highest BCUT2D eigenvalue weighted by molar-refractivity contribution is 7.80. The number of unbranched alkanes of at least 4 members (excludes halogenated alkanes) is 1. The lowest BCUT2D eigenvalue weighted by Gasteiger charge is -2.12. The second kappa shape index (κ2) is 9.20. The topological polar surface area (TPSA) is 66.0 Å². The van der Waals surface area contributed by atoms with E-state index in [0.29, 0.717) is 15.8 Å². The molecule has 0 saturated carbocycles. The minimum absolute atomic E-state index is 0.298. The molecule has 2 rings (SSSR count). The Balaban J connectivity index is 1.80. The van der Waals surface area contributed by atoms with Crippen LogP contribution in [0.4, 0.5) is 5.69 Å². The number of aromatic nitrogens is 1. The molecule has 2 aromatic rings. The number of hydrogen-bond acceptors (Lipinski definition) is 3. The molecule has 0 saturated heterocycles. The van der Waals surface area contributed by atoms with Crippen molar-refractivity contribution in [1.29, 1.82) is 0 Å². The van der Waals surface area contributed by atoms with Crippen LogP contribution in [0.3, 0.4) is 0 Å². The van der Waals surface area contributed by atoms with Crippen molar-refractivity contribution in [1.82, 2.24) is 15.8 Å². The van der Waals surface area contributed by atoms with Crippen LogP contribution in [0.15, 0.2) is 42.6 Å². The van der Waals surface area contributed by atoms with E-state index < -0.39 is 0 Å². The molecule has 1 aromatic carbocycles. The van der Waals surface area contributed by atoms with Crippen LogP contribution in [0.5, 0.6) is 0 Å². The van der Waals surface area contributed by atoms with Crippen molar-refractivity contribution >= 4 is 40.5 Å². The summed E-state index contributed by atoms with van der Waals surface area (Å²) in [6, 6.07) is 11.2. The molecule has 0 aliphatic heterocycles. The van der Waals surface area contributed by atoms with Crippen molar-refractivity contribution in [3.63, 3.8) is 0 Å². The number of amides is 1. The SMILES string of the molecule is CCCCc1ccc(NC(=S)NNC(=O)c2ccc(Cl)nc2)cc1. The number of rotatable bonds is 5. The average molecular weight is 363 g/mol. The molecule has 0 atom stereocenters. The van der Waals surface area contributed by atoms with Crippen LogP contribution in [-0.4, -0.2) is 16.0 Å². The summed E-state index contributed by atoms with van der Waals surface area (Å²) in [7, 11) is 0. The Morgan fingerprint density at radius 2 is 1.92 bits per heavy atom. The zero-order valence-corrected chi connectivity index (χ0v) is 14.9. The lowest BCUT2D eigenvalue weighted by molar-refractivity contribution is 0.0944. The van der Waals surface area contributed by atoms with Crippen molar-refractivity contribution in [2.24, 2.45) is 0 Å². The first kappa shape index (κ1) is 18.2. The van der Waals surface area contributed by atoms with Crippen LogP contribution in [0, 0.1) is 0 Å². The maximum absolute atomic E-state index is 11.9. The van der Waals surface area contributed by atoms with E-state index in [1.54, 1.807) is 12.1 Å². The van der Waals surface area contributed by atoms with Crippen molar-refractivity contribution in [2.45, 2.75) is 26.2 Å². The van der Waals surface area contributed by atoms with E-state index in [2.05, 4.69) is 40.2 Å². The van der Waals surface area contributed by atoms with Gasteiger partial charge in [0.15, 0.2) is 5.11 Å². The summed E-state index contributed by atoms with van der Waals surface area (Å²) in [4.78, 5) is 15.8. The van der Waals surface area contributed by atoms with Crippen molar-refractivity contribution in [3.05, 3.63) is 58.9 Å². The molecule has 0 radical (unpaired) electrons. The van der Waals surface area contributed by atoms with E-state index in [9.17, 15) is 4.79 Å². The molecule has 0 aliphatic carbocycles. The van der Waals surface area contributed by atoms with Gasteiger partial charge < -0.3 is 5.32 Å². The summed E-state index contributed by atoms with van der Waals surface area (Å²) >= 11 is 10.8. The van der Waals surface area contributed by atoms with E-state index >= 15 is 0 Å². The van der Waals surface area contributed by atoms with E-state index in [1.807, 2.05) is 12.1 Å². The third-order valence-corrected chi connectivity index (χ3v) is 3.74. The Morgan fingerprint density at radius 3 is 2.54 bits per heavy atom. The van der Waals surface area contributed by atoms with Crippen LogP contribution in [-0.2, 0) is 6.42 Å². The van der Waals surface area contributed by atoms with Gasteiger partial charge >= 0.3 is 0 Å². The maximum atomic E-state index is 11.9. The van der Waals surface area contributed by atoms with Gasteiger partial charge in [0, 0.05) is 11.9 Å². The zero-order chi connectivity index (χ0) is 17.4. The third kappa shape index (κ3) is 5.79. The fourth-order valence-electron chi connectivity index (χ4n) is 1.99. The van der Waals surface area contributed by atoms with Gasteiger partial charge in [0.1, 0.15) is 5.15 Å². The first-order chi connectivity index (χ1) is 11.6. The van der Waals surface area contributed by atoms with Crippen molar-refractivity contribution < 1.29 is 4.79 Å². The summed E-state index contributed by atoms with van der Waals surface area (Å²) in [6.45, 7) is 2.18. The van der Waals surface area contributed by atoms with Crippen LogP contribution in [0.1, 0.15) is 35.7 Å². The number of aryl methyl sites for hydroxylation is 1. The highest BCUT2D eigenvalue weighted by Crippen LogP contribution is 2.11. The van der Waals surface area contributed by atoms with Gasteiger partial charge in [-0.2, -0.15) is 0 Å². The molecule has 7 heteroatoms. The number of carbonyl (C=O) groups excluding carboxylic acids is 1. The lowest BCUT2D eigenvalue weighted by atomic mass is 10.1. The molecule has 0 spiro atoms. The van der Waals surface area contributed by atoms with Crippen LogP contribution < -0.4 is 16.2 Å². The smallest absolute Gasteiger partial charge is 0.271 e. The van der Waals surface area contributed by atoms with E-state index in [-0.39, 0.29) is 5.91 Å². The Bertz CT molecular complexity index is 689. The summed E-state index contributed by atoms with van der Waals surface area (Å²) < 4.78 is 0. The van der Waals surface area contributed by atoms with Crippen LogP contribution in [0.2, 0.25) is 5.15 Å². The van der Waals surface area contributed by atoms with Gasteiger partial charge in [-0.05, 0) is 54.9 Å². The molecule has 0 bridgehead atoms. The average Bonchev–Trinajstić information content (AvgIpc) is 2.59. The predicted molar refractivity (Wildman–Crippen MR) is 101 cm³/mol. The third-order valence-electron chi connectivity index (χ3n) is 3.31. The van der Waals surface area contributed by atoms with Gasteiger partial charge in [0.25, 0.3) is 5.91 Å². The number of pyridine rings is 1. The molecule has 1 heterocycles. The van der Waals surface area contributed by atoms with Crippen molar-refractivity contribution in [3.8, 4) is 0 Å². The first-order valence-electron chi connectivity index (χ1n) is 7.66. The van der Waals surface area contributed by atoms with Gasteiger partial charge in [-0.3, -0.25) is 15.6 Å². The summed E-state index contributed by atoms with van der Waals surface area (Å²) in [6.07, 6.45) is 4.82. The van der Waals surface area contributed by atoms with Crippen molar-refractivity contribution in [2.75, 3.05) is 5.32 Å². The Morgan fingerprint density at radius 1 is 1.17 bits per heavy atom. The number of nitrogens with one attached hydrogen (secondary N) is 3.